The Bertz CT molecular complexity index is 1640. The number of hydrogen-bond acceptors (Lipinski definition) is 4. The van der Waals surface area contributed by atoms with Crippen molar-refractivity contribution in [3.8, 4) is 0 Å². The van der Waals surface area contributed by atoms with Crippen LogP contribution in [0.25, 0.3) is 16.7 Å². The number of halogens is 1. The lowest BCUT2D eigenvalue weighted by Gasteiger charge is -2.06. The summed E-state index contributed by atoms with van der Waals surface area (Å²) in [5.41, 5.74) is 8.06. The average Bonchev–Trinajstić information content (AvgIpc) is 3.60. The van der Waals surface area contributed by atoms with Crippen molar-refractivity contribution >= 4 is 28.3 Å². The van der Waals surface area contributed by atoms with Gasteiger partial charge in [-0.1, -0.05) is 53.1 Å². The maximum Gasteiger partial charge on any atom is 0.153 e. The third-order valence-corrected chi connectivity index (χ3v) is 6.48. The number of hydrogen-bond donors (Lipinski definition) is 0. The van der Waals surface area contributed by atoms with Crippen LogP contribution in [0.1, 0.15) is 81.9 Å². The molecule has 6 heterocycles. The predicted octanol–water partition coefficient (Wildman–Crippen LogP) is 7.73. The molecule has 0 saturated carbocycles. The Morgan fingerprint density at radius 3 is 2.21 bits per heavy atom. The molecule has 0 aromatic carbocycles. The van der Waals surface area contributed by atoms with Crippen molar-refractivity contribution in [3.63, 3.8) is 0 Å². The smallest absolute Gasteiger partial charge is 0.153 e. The van der Waals surface area contributed by atoms with Crippen molar-refractivity contribution in [2.24, 2.45) is 0 Å². The minimum atomic E-state index is 0.462. The molecule has 0 aliphatic carbocycles. The molecular weight excluding hydrogens is 494 g/mol. The van der Waals surface area contributed by atoms with Crippen molar-refractivity contribution in [2.75, 3.05) is 0 Å². The van der Waals surface area contributed by atoms with Gasteiger partial charge in [-0.05, 0) is 84.8 Å². The molecule has 0 fully saturated rings. The van der Waals surface area contributed by atoms with Gasteiger partial charge in [-0.2, -0.15) is 15.3 Å². The summed E-state index contributed by atoms with van der Waals surface area (Å²) in [6.07, 6.45) is 5.44. The first-order valence-electron chi connectivity index (χ1n) is 13.0. The first-order valence-corrected chi connectivity index (χ1v) is 13.4. The highest BCUT2D eigenvalue weighted by Gasteiger charge is 2.11. The second-order valence-corrected chi connectivity index (χ2v) is 10.7. The fraction of sp³-hybridized carbons (Fsp3) is 0.333. The van der Waals surface area contributed by atoms with Crippen LogP contribution < -0.4 is 0 Å². The van der Waals surface area contributed by atoms with E-state index >= 15 is 0 Å². The van der Waals surface area contributed by atoms with Crippen LogP contribution in [0.15, 0.2) is 73.2 Å². The Kier molecular flexibility index (Phi) is 8.47. The van der Waals surface area contributed by atoms with Gasteiger partial charge in [0.25, 0.3) is 0 Å². The van der Waals surface area contributed by atoms with Gasteiger partial charge in [0.2, 0.25) is 0 Å². The molecule has 0 unspecified atom stereocenters. The van der Waals surface area contributed by atoms with Crippen LogP contribution in [0.2, 0.25) is 5.15 Å². The van der Waals surface area contributed by atoms with E-state index in [-0.39, 0.29) is 0 Å². The Balaban J connectivity index is 0.000000133. The topological polar surface area (TPSA) is 64.8 Å². The zero-order valence-electron chi connectivity index (χ0n) is 23.2. The molecule has 198 valence electrons. The van der Waals surface area contributed by atoms with Crippen LogP contribution in [-0.4, -0.2) is 33.8 Å². The Labute approximate surface area is 229 Å². The summed E-state index contributed by atoms with van der Waals surface area (Å²) >= 11 is 5.87. The van der Waals surface area contributed by atoms with Crippen molar-refractivity contribution in [1.82, 2.24) is 33.8 Å². The number of fused-ring (bicyclic) bond motifs is 3. The van der Waals surface area contributed by atoms with Gasteiger partial charge < -0.3 is 0 Å². The maximum atomic E-state index is 5.87. The van der Waals surface area contributed by atoms with E-state index in [9.17, 15) is 0 Å². The highest BCUT2D eigenvalue weighted by atomic mass is 35.5. The summed E-state index contributed by atoms with van der Waals surface area (Å²) in [4.78, 5) is 4.12. The minimum Gasteiger partial charge on any atom is -0.238 e. The number of aryl methyl sites for hydroxylation is 1. The molecule has 38 heavy (non-hydrogen) atoms. The lowest BCUT2D eigenvalue weighted by Crippen LogP contribution is -2.00. The van der Waals surface area contributed by atoms with Crippen LogP contribution >= 0.6 is 11.6 Å². The van der Waals surface area contributed by atoms with E-state index in [0.717, 1.165) is 16.9 Å². The molecule has 0 aliphatic heterocycles. The first kappa shape index (κ1) is 27.3. The van der Waals surface area contributed by atoms with E-state index in [1.54, 1.807) is 10.7 Å². The summed E-state index contributed by atoms with van der Waals surface area (Å²) in [6.45, 7) is 15.1. The van der Waals surface area contributed by atoms with Crippen molar-refractivity contribution in [2.45, 2.75) is 66.2 Å². The summed E-state index contributed by atoms with van der Waals surface area (Å²) < 4.78 is 5.72. The normalized spacial score (nSPS) is 11.3. The third kappa shape index (κ3) is 6.05. The van der Waals surface area contributed by atoms with Gasteiger partial charge in [0.1, 0.15) is 5.15 Å². The molecule has 6 aromatic heterocycles. The van der Waals surface area contributed by atoms with Gasteiger partial charge >= 0.3 is 0 Å². The van der Waals surface area contributed by atoms with E-state index in [0.29, 0.717) is 22.9 Å². The fourth-order valence-corrected chi connectivity index (χ4v) is 4.56. The van der Waals surface area contributed by atoms with Crippen LogP contribution in [0, 0.1) is 6.92 Å². The Hall–Kier alpha value is -3.71. The molecule has 7 nitrogen and oxygen atoms in total. The lowest BCUT2D eigenvalue weighted by molar-refractivity contribution is 0.752. The van der Waals surface area contributed by atoms with Gasteiger partial charge in [-0.25, -0.2) is 18.5 Å². The first-order chi connectivity index (χ1) is 18.2. The van der Waals surface area contributed by atoms with E-state index in [1.807, 2.05) is 51.8 Å². The molecule has 0 aliphatic rings. The highest BCUT2D eigenvalue weighted by molar-refractivity contribution is 6.29. The summed E-state index contributed by atoms with van der Waals surface area (Å²) in [7, 11) is 0. The third-order valence-electron chi connectivity index (χ3n) is 6.28. The molecule has 0 spiro atoms. The van der Waals surface area contributed by atoms with Crippen molar-refractivity contribution in [1.29, 1.82) is 0 Å². The fourth-order valence-electron chi connectivity index (χ4n) is 4.42. The second-order valence-electron chi connectivity index (χ2n) is 10.3. The second kappa shape index (κ2) is 11.8. The molecule has 0 saturated heterocycles. The minimum absolute atomic E-state index is 0.462. The number of aromatic nitrogens is 7. The van der Waals surface area contributed by atoms with Crippen LogP contribution in [-0.2, 0) is 0 Å². The summed E-state index contributed by atoms with van der Waals surface area (Å²) in [6, 6.07) is 18.2. The summed E-state index contributed by atoms with van der Waals surface area (Å²) in [5, 5.41) is 13.5. The summed E-state index contributed by atoms with van der Waals surface area (Å²) in [5.74, 6) is 1.46. The zero-order valence-corrected chi connectivity index (χ0v) is 23.9. The van der Waals surface area contributed by atoms with Crippen LogP contribution in [0.5, 0.6) is 0 Å². The molecule has 0 bridgehead atoms. The highest BCUT2D eigenvalue weighted by Crippen LogP contribution is 2.23. The Morgan fingerprint density at radius 2 is 1.50 bits per heavy atom. The number of rotatable bonds is 3. The number of imidazole rings is 1. The van der Waals surface area contributed by atoms with Gasteiger partial charge in [0.05, 0.1) is 16.7 Å². The van der Waals surface area contributed by atoms with E-state index in [4.69, 9.17) is 11.6 Å². The lowest BCUT2D eigenvalue weighted by atomic mass is 10.1. The monoisotopic (exact) mass is 529 g/mol. The standard InChI is InChI=1S/C11H13ClN2.C10H12N2.C9H11N3/c1-7(2)11-8(3)6-9-4-5-10(12)13-14(9)11;1-8(2)10-6-5-9-4-3-7-11-12(9)10;1-7(2)8-3-4-9-10-5-6-12(9)11-8/h4-7H,1-3H3;3-8H,1-2H3;3-7H,1-2H3. The molecule has 6 rings (SSSR count). The zero-order chi connectivity index (χ0) is 27.4. The quantitative estimate of drug-likeness (QED) is 0.235. The van der Waals surface area contributed by atoms with Crippen molar-refractivity contribution in [3.05, 3.63) is 101 Å². The van der Waals surface area contributed by atoms with Gasteiger partial charge in [0, 0.05) is 30.0 Å². The predicted molar refractivity (Wildman–Crippen MR) is 155 cm³/mol. The average molecular weight is 530 g/mol. The number of nitrogens with zero attached hydrogens (tertiary/aromatic N) is 7. The van der Waals surface area contributed by atoms with E-state index in [1.165, 1.54) is 22.5 Å². The molecule has 0 amide bonds. The SMILES string of the molecule is CC(C)c1ccc2cccnn12.CC(C)c1ccc2nccn2n1.Cc1cc2ccc(Cl)nn2c1C(C)C. The molecule has 0 radical (unpaired) electrons. The molecule has 0 N–H and O–H groups in total. The van der Waals surface area contributed by atoms with Gasteiger partial charge in [0.15, 0.2) is 5.65 Å². The largest absolute Gasteiger partial charge is 0.238 e. The van der Waals surface area contributed by atoms with E-state index < -0.39 is 0 Å². The Morgan fingerprint density at radius 1 is 0.737 bits per heavy atom. The van der Waals surface area contributed by atoms with Crippen molar-refractivity contribution < 1.29 is 0 Å². The molecular formula is C30H36ClN7. The van der Waals surface area contributed by atoms with Crippen LogP contribution in [0.4, 0.5) is 0 Å². The van der Waals surface area contributed by atoms with Gasteiger partial charge in [-0.3, -0.25) is 0 Å². The maximum absolute atomic E-state index is 5.87. The molecule has 0 atom stereocenters. The van der Waals surface area contributed by atoms with E-state index in [2.05, 4.69) is 93.0 Å². The van der Waals surface area contributed by atoms with Crippen LogP contribution in [0.3, 0.4) is 0 Å². The molecule has 8 heteroatoms. The molecule has 6 aromatic rings. The van der Waals surface area contributed by atoms with Gasteiger partial charge in [-0.15, -0.1) is 0 Å².